The molecule has 134 valence electrons. The van der Waals surface area contributed by atoms with E-state index in [0.717, 1.165) is 5.56 Å². The molecular formula is C19H17F2N3O2. The maximum atomic E-state index is 14.1. The molecule has 0 aliphatic carbocycles. The summed E-state index contributed by atoms with van der Waals surface area (Å²) in [6, 6.07) is 8.69. The maximum Gasteiger partial charge on any atom is 0.227 e. The summed E-state index contributed by atoms with van der Waals surface area (Å²) in [6.45, 7) is 1.48. The van der Waals surface area contributed by atoms with Crippen molar-refractivity contribution in [2.75, 3.05) is 5.32 Å². The standard InChI is InChI=1S/C19H17F2N3O2/c1-11(25)8-19(26)22-18-9-14-16(23-24-17(14)10-15(18)21)7-4-12-2-5-13(20)6-3-12/h2-7,9-11,25H,8H2,1H3,(H,22,26)(H,23,24)/b7-4+. The number of aromatic amines is 1. The van der Waals surface area contributed by atoms with Gasteiger partial charge in [0.15, 0.2) is 0 Å². The van der Waals surface area contributed by atoms with Gasteiger partial charge < -0.3 is 10.4 Å². The summed E-state index contributed by atoms with van der Waals surface area (Å²) >= 11 is 0. The minimum absolute atomic E-state index is 0.0148. The van der Waals surface area contributed by atoms with E-state index in [1.54, 1.807) is 24.3 Å². The van der Waals surface area contributed by atoms with Gasteiger partial charge >= 0.3 is 0 Å². The van der Waals surface area contributed by atoms with Gasteiger partial charge in [-0.25, -0.2) is 8.78 Å². The Labute approximate surface area is 148 Å². The van der Waals surface area contributed by atoms with Crippen LogP contribution in [0.3, 0.4) is 0 Å². The maximum absolute atomic E-state index is 14.1. The quantitative estimate of drug-likeness (QED) is 0.651. The number of nitrogens with zero attached hydrogens (tertiary/aromatic N) is 1. The summed E-state index contributed by atoms with van der Waals surface area (Å²) in [4.78, 5) is 11.8. The van der Waals surface area contributed by atoms with Crippen LogP contribution in [0.1, 0.15) is 24.6 Å². The van der Waals surface area contributed by atoms with Gasteiger partial charge in [0.05, 0.1) is 29.4 Å². The van der Waals surface area contributed by atoms with Crippen LogP contribution >= 0.6 is 0 Å². The molecule has 2 aromatic carbocycles. The Morgan fingerprint density at radius 2 is 2.00 bits per heavy atom. The van der Waals surface area contributed by atoms with Crippen LogP contribution in [0.5, 0.6) is 0 Å². The second-order valence-corrected chi connectivity index (χ2v) is 5.97. The lowest BCUT2D eigenvalue weighted by atomic mass is 10.1. The lowest BCUT2D eigenvalue weighted by Crippen LogP contribution is -2.18. The fourth-order valence-electron chi connectivity index (χ4n) is 2.50. The molecule has 0 aliphatic rings. The Bertz CT molecular complexity index is 963. The average Bonchev–Trinajstić information content (AvgIpc) is 2.96. The zero-order valence-electron chi connectivity index (χ0n) is 14.0. The number of aliphatic hydroxyl groups excluding tert-OH is 1. The van der Waals surface area contributed by atoms with Gasteiger partial charge in [0.1, 0.15) is 11.6 Å². The molecule has 1 unspecified atom stereocenters. The molecule has 0 saturated heterocycles. The normalized spacial score (nSPS) is 12.6. The van der Waals surface area contributed by atoms with Crippen LogP contribution in [-0.4, -0.2) is 27.3 Å². The predicted molar refractivity (Wildman–Crippen MR) is 96.3 cm³/mol. The van der Waals surface area contributed by atoms with Crippen LogP contribution in [-0.2, 0) is 4.79 Å². The van der Waals surface area contributed by atoms with Crippen molar-refractivity contribution >= 4 is 34.6 Å². The average molecular weight is 357 g/mol. The van der Waals surface area contributed by atoms with Gasteiger partial charge in [-0.3, -0.25) is 9.89 Å². The smallest absolute Gasteiger partial charge is 0.227 e. The molecule has 3 rings (SSSR count). The minimum atomic E-state index is -0.815. The van der Waals surface area contributed by atoms with Gasteiger partial charge in [0, 0.05) is 11.5 Å². The first-order chi connectivity index (χ1) is 12.4. The highest BCUT2D eigenvalue weighted by Crippen LogP contribution is 2.25. The van der Waals surface area contributed by atoms with E-state index in [1.807, 2.05) is 0 Å². The summed E-state index contributed by atoms with van der Waals surface area (Å²) in [5, 5.41) is 19.2. The second kappa shape index (κ2) is 7.45. The number of aromatic nitrogens is 2. The number of halogens is 2. The fourth-order valence-corrected chi connectivity index (χ4v) is 2.50. The summed E-state index contributed by atoms with van der Waals surface area (Å²) < 4.78 is 27.1. The van der Waals surface area contributed by atoms with Crippen molar-refractivity contribution in [3.8, 4) is 0 Å². The van der Waals surface area contributed by atoms with E-state index in [4.69, 9.17) is 0 Å². The Morgan fingerprint density at radius 3 is 2.69 bits per heavy atom. The minimum Gasteiger partial charge on any atom is -0.393 e. The molecule has 26 heavy (non-hydrogen) atoms. The zero-order chi connectivity index (χ0) is 18.7. The number of anilines is 1. The number of fused-ring (bicyclic) bond motifs is 1. The molecule has 0 spiro atoms. The number of carbonyl (C=O) groups excluding carboxylic acids is 1. The van der Waals surface area contributed by atoms with Crippen LogP contribution in [0.25, 0.3) is 23.1 Å². The molecule has 1 aromatic heterocycles. The highest BCUT2D eigenvalue weighted by Gasteiger charge is 2.13. The first-order valence-corrected chi connectivity index (χ1v) is 8.01. The van der Waals surface area contributed by atoms with Gasteiger partial charge in [0.25, 0.3) is 0 Å². The number of rotatable bonds is 5. The molecule has 7 heteroatoms. The SMILES string of the molecule is CC(O)CC(=O)Nc1cc2c(/C=C/c3ccc(F)cc3)n[nH]c2cc1F. The lowest BCUT2D eigenvalue weighted by Gasteiger charge is -2.08. The second-order valence-electron chi connectivity index (χ2n) is 5.97. The molecular weight excluding hydrogens is 340 g/mol. The van der Waals surface area contributed by atoms with Crippen molar-refractivity contribution in [3.05, 3.63) is 59.3 Å². The van der Waals surface area contributed by atoms with Gasteiger partial charge in [-0.15, -0.1) is 0 Å². The van der Waals surface area contributed by atoms with E-state index in [1.165, 1.54) is 31.2 Å². The van der Waals surface area contributed by atoms with E-state index in [-0.39, 0.29) is 17.9 Å². The fraction of sp³-hybridized carbons (Fsp3) is 0.158. The Hall–Kier alpha value is -3.06. The van der Waals surface area contributed by atoms with E-state index in [2.05, 4.69) is 15.5 Å². The Kier molecular flexibility index (Phi) is 5.09. The van der Waals surface area contributed by atoms with Crippen LogP contribution in [0.15, 0.2) is 36.4 Å². The monoisotopic (exact) mass is 357 g/mol. The summed E-state index contributed by atoms with van der Waals surface area (Å²) in [5.41, 5.74) is 1.83. The number of aliphatic hydroxyl groups is 1. The molecule has 0 radical (unpaired) electrons. The van der Waals surface area contributed by atoms with Crippen LogP contribution < -0.4 is 5.32 Å². The number of hydrogen-bond donors (Lipinski definition) is 3. The van der Waals surface area contributed by atoms with E-state index < -0.39 is 17.8 Å². The third-order valence-corrected chi connectivity index (χ3v) is 3.74. The highest BCUT2D eigenvalue weighted by molar-refractivity contribution is 5.96. The summed E-state index contributed by atoms with van der Waals surface area (Å²) in [5.74, 6) is -1.40. The molecule has 0 aliphatic heterocycles. The summed E-state index contributed by atoms with van der Waals surface area (Å²) in [6.07, 6.45) is 2.53. The van der Waals surface area contributed by atoms with Crippen LogP contribution in [0.2, 0.25) is 0 Å². The van der Waals surface area contributed by atoms with Gasteiger partial charge in [0.2, 0.25) is 5.91 Å². The van der Waals surface area contributed by atoms with Crippen molar-refractivity contribution in [3.63, 3.8) is 0 Å². The van der Waals surface area contributed by atoms with Crippen LogP contribution in [0, 0.1) is 11.6 Å². The lowest BCUT2D eigenvalue weighted by molar-refractivity contribution is -0.117. The molecule has 0 saturated carbocycles. The molecule has 1 amide bonds. The molecule has 0 bridgehead atoms. The molecule has 5 nitrogen and oxygen atoms in total. The van der Waals surface area contributed by atoms with Crippen LogP contribution in [0.4, 0.5) is 14.5 Å². The molecule has 3 N–H and O–H groups in total. The molecule has 3 aromatic rings. The molecule has 0 fully saturated rings. The predicted octanol–water partition coefficient (Wildman–Crippen LogP) is 3.72. The third-order valence-electron chi connectivity index (χ3n) is 3.74. The van der Waals surface area contributed by atoms with Crippen molar-refractivity contribution in [2.24, 2.45) is 0 Å². The van der Waals surface area contributed by atoms with Gasteiger partial charge in [-0.2, -0.15) is 5.10 Å². The highest BCUT2D eigenvalue weighted by atomic mass is 19.1. The number of nitrogens with one attached hydrogen (secondary N) is 2. The Balaban J connectivity index is 1.89. The number of H-pyrrole nitrogens is 1. The number of amides is 1. The van der Waals surface area contributed by atoms with Crippen molar-refractivity contribution < 1.29 is 18.7 Å². The topological polar surface area (TPSA) is 78.0 Å². The first-order valence-electron chi connectivity index (χ1n) is 8.01. The number of carbonyl (C=O) groups is 1. The number of benzene rings is 2. The van der Waals surface area contributed by atoms with Crippen molar-refractivity contribution in [1.29, 1.82) is 0 Å². The molecule has 1 heterocycles. The molecule has 1 atom stereocenters. The van der Waals surface area contributed by atoms with E-state index >= 15 is 0 Å². The zero-order valence-corrected chi connectivity index (χ0v) is 14.0. The van der Waals surface area contributed by atoms with E-state index in [0.29, 0.717) is 16.6 Å². The van der Waals surface area contributed by atoms with Gasteiger partial charge in [-0.05, 0) is 36.8 Å². The van der Waals surface area contributed by atoms with E-state index in [9.17, 15) is 18.7 Å². The van der Waals surface area contributed by atoms with Crippen molar-refractivity contribution in [2.45, 2.75) is 19.4 Å². The Morgan fingerprint density at radius 1 is 1.27 bits per heavy atom. The number of hydrogen-bond acceptors (Lipinski definition) is 3. The first kappa shape index (κ1) is 17.8. The summed E-state index contributed by atoms with van der Waals surface area (Å²) in [7, 11) is 0. The largest absolute Gasteiger partial charge is 0.393 e. The van der Waals surface area contributed by atoms with Gasteiger partial charge in [-0.1, -0.05) is 18.2 Å². The third kappa shape index (κ3) is 4.12. The van der Waals surface area contributed by atoms with Crippen molar-refractivity contribution in [1.82, 2.24) is 10.2 Å².